The molecule has 0 aliphatic heterocycles. The van der Waals surface area contributed by atoms with Crippen LogP contribution in [0.3, 0.4) is 0 Å². The summed E-state index contributed by atoms with van der Waals surface area (Å²) < 4.78 is 0. The molecular formula is C28H31ClN2O2S. The molecule has 0 radical (unpaired) electrons. The minimum Gasteiger partial charge on any atom is -0.354 e. The molecule has 0 aromatic heterocycles. The molecule has 0 aliphatic rings. The number of carbonyl (C=O) groups is 2. The van der Waals surface area contributed by atoms with E-state index in [0.29, 0.717) is 24.5 Å². The normalized spacial score (nSPS) is 11.6. The predicted octanol–water partition coefficient (Wildman–Crippen LogP) is 5.91. The first-order valence-corrected chi connectivity index (χ1v) is 12.9. The van der Waals surface area contributed by atoms with Gasteiger partial charge in [-0.1, -0.05) is 78.7 Å². The Hall–Kier alpha value is -2.76. The Morgan fingerprint density at radius 2 is 1.62 bits per heavy atom. The lowest BCUT2D eigenvalue weighted by atomic mass is 10.0. The lowest BCUT2D eigenvalue weighted by Gasteiger charge is -2.31. The fourth-order valence-electron chi connectivity index (χ4n) is 3.57. The van der Waals surface area contributed by atoms with Crippen molar-refractivity contribution in [2.45, 2.75) is 44.2 Å². The van der Waals surface area contributed by atoms with Crippen LogP contribution in [-0.4, -0.2) is 35.1 Å². The number of aryl methyl sites for hydroxylation is 1. The lowest BCUT2D eigenvalue weighted by Crippen LogP contribution is -2.51. The van der Waals surface area contributed by atoms with Gasteiger partial charge in [-0.3, -0.25) is 9.59 Å². The van der Waals surface area contributed by atoms with Crippen LogP contribution in [0, 0.1) is 6.92 Å². The van der Waals surface area contributed by atoms with Crippen molar-refractivity contribution in [2.24, 2.45) is 0 Å². The maximum Gasteiger partial charge on any atom is 0.243 e. The number of rotatable bonds is 11. The van der Waals surface area contributed by atoms with Crippen LogP contribution < -0.4 is 5.32 Å². The Morgan fingerprint density at radius 3 is 2.26 bits per heavy atom. The zero-order chi connectivity index (χ0) is 24.3. The number of nitrogens with one attached hydrogen (secondary N) is 1. The fraction of sp³-hybridized carbons (Fsp3) is 0.286. The average Bonchev–Trinajstić information content (AvgIpc) is 2.86. The maximum atomic E-state index is 13.6. The first-order chi connectivity index (χ1) is 16.5. The second kappa shape index (κ2) is 13.2. The summed E-state index contributed by atoms with van der Waals surface area (Å²) in [5.74, 6) is 0.0376. The van der Waals surface area contributed by atoms with Gasteiger partial charge >= 0.3 is 0 Å². The Labute approximate surface area is 211 Å². The number of nitrogens with zero attached hydrogens (tertiary/aromatic N) is 1. The van der Waals surface area contributed by atoms with E-state index >= 15 is 0 Å². The molecule has 4 nitrogen and oxygen atoms in total. The number of hydrogen-bond donors (Lipinski definition) is 1. The summed E-state index contributed by atoms with van der Waals surface area (Å²) in [6.07, 6.45) is 1.29. The minimum absolute atomic E-state index is 0.0758. The third-order valence-corrected chi connectivity index (χ3v) is 6.72. The smallest absolute Gasteiger partial charge is 0.243 e. The van der Waals surface area contributed by atoms with E-state index in [9.17, 15) is 9.59 Å². The largest absolute Gasteiger partial charge is 0.354 e. The van der Waals surface area contributed by atoms with Gasteiger partial charge in [0.1, 0.15) is 6.04 Å². The molecule has 0 spiro atoms. The standard InChI is InChI=1S/C28H31ClN2O2S/c1-3-17-30-28(33)26(18-22-7-5-4-6-8-22)31(19-23-11-9-21(2)10-12-23)27(32)20-34-25-15-13-24(29)14-16-25/h4-16,26H,3,17-20H2,1-2H3,(H,30,33)/t26-/m0/s1. The average molecular weight is 495 g/mol. The van der Waals surface area contributed by atoms with Gasteiger partial charge in [0.25, 0.3) is 0 Å². The summed E-state index contributed by atoms with van der Waals surface area (Å²) in [5, 5.41) is 3.67. The molecule has 2 amide bonds. The molecule has 0 saturated heterocycles. The van der Waals surface area contributed by atoms with Gasteiger partial charge in [0.2, 0.25) is 11.8 Å². The maximum absolute atomic E-state index is 13.6. The Morgan fingerprint density at radius 1 is 0.941 bits per heavy atom. The van der Waals surface area contributed by atoms with E-state index in [1.807, 2.05) is 92.7 Å². The van der Waals surface area contributed by atoms with Crippen molar-refractivity contribution in [3.05, 3.63) is 101 Å². The van der Waals surface area contributed by atoms with Gasteiger partial charge in [-0.15, -0.1) is 11.8 Å². The Bertz CT molecular complexity index is 1060. The highest BCUT2D eigenvalue weighted by Crippen LogP contribution is 2.23. The molecule has 1 N–H and O–H groups in total. The van der Waals surface area contributed by atoms with Gasteiger partial charge in [-0.05, 0) is 48.7 Å². The molecule has 34 heavy (non-hydrogen) atoms. The van der Waals surface area contributed by atoms with Crippen LogP contribution in [-0.2, 0) is 22.6 Å². The van der Waals surface area contributed by atoms with Crippen LogP contribution >= 0.6 is 23.4 Å². The third-order valence-electron chi connectivity index (χ3n) is 5.47. The molecule has 0 bridgehead atoms. The number of benzene rings is 3. The summed E-state index contributed by atoms with van der Waals surface area (Å²) in [4.78, 5) is 29.5. The summed E-state index contributed by atoms with van der Waals surface area (Å²) in [6, 6.07) is 24.8. The topological polar surface area (TPSA) is 49.4 Å². The summed E-state index contributed by atoms with van der Waals surface area (Å²) in [6.45, 7) is 5.00. The third kappa shape index (κ3) is 7.93. The van der Waals surface area contributed by atoms with Crippen LogP contribution in [0.2, 0.25) is 5.02 Å². The van der Waals surface area contributed by atoms with Gasteiger partial charge in [0, 0.05) is 29.4 Å². The van der Waals surface area contributed by atoms with Crippen molar-refractivity contribution in [1.82, 2.24) is 10.2 Å². The summed E-state index contributed by atoms with van der Waals surface area (Å²) in [5.41, 5.74) is 3.17. The predicted molar refractivity (Wildman–Crippen MR) is 141 cm³/mol. The van der Waals surface area contributed by atoms with Crippen molar-refractivity contribution in [1.29, 1.82) is 0 Å². The number of carbonyl (C=O) groups excluding carboxylic acids is 2. The first kappa shape index (κ1) is 25.9. The van der Waals surface area contributed by atoms with Gasteiger partial charge in [0.15, 0.2) is 0 Å². The van der Waals surface area contributed by atoms with E-state index in [1.54, 1.807) is 4.90 Å². The second-order valence-electron chi connectivity index (χ2n) is 8.25. The SMILES string of the molecule is CCCNC(=O)[C@H](Cc1ccccc1)N(Cc1ccc(C)cc1)C(=O)CSc1ccc(Cl)cc1. The van der Waals surface area contributed by atoms with E-state index < -0.39 is 6.04 Å². The first-order valence-electron chi connectivity index (χ1n) is 11.5. The van der Waals surface area contributed by atoms with E-state index in [1.165, 1.54) is 11.8 Å². The minimum atomic E-state index is -0.603. The lowest BCUT2D eigenvalue weighted by molar-refractivity contribution is -0.139. The van der Waals surface area contributed by atoms with Crippen LogP contribution in [0.4, 0.5) is 0 Å². The van der Waals surface area contributed by atoms with Crippen molar-refractivity contribution in [3.63, 3.8) is 0 Å². The van der Waals surface area contributed by atoms with E-state index in [4.69, 9.17) is 11.6 Å². The van der Waals surface area contributed by atoms with E-state index in [2.05, 4.69) is 5.32 Å². The molecule has 6 heteroatoms. The molecule has 178 valence electrons. The summed E-state index contributed by atoms with van der Waals surface area (Å²) >= 11 is 7.44. The van der Waals surface area contributed by atoms with Crippen LogP contribution in [0.1, 0.15) is 30.0 Å². The van der Waals surface area contributed by atoms with Crippen molar-refractivity contribution >= 4 is 35.2 Å². The highest BCUT2D eigenvalue weighted by Gasteiger charge is 2.30. The molecule has 0 aliphatic carbocycles. The van der Waals surface area contributed by atoms with Crippen molar-refractivity contribution in [3.8, 4) is 0 Å². The van der Waals surface area contributed by atoms with E-state index in [-0.39, 0.29) is 17.6 Å². The molecule has 3 aromatic carbocycles. The van der Waals surface area contributed by atoms with Gasteiger partial charge in [-0.25, -0.2) is 0 Å². The van der Waals surface area contributed by atoms with Crippen molar-refractivity contribution in [2.75, 3.05) is 12.3 Å². The number of thioether (sulfide) groups is 1. The molecule has 0 saturated carbocycles. The summed E-state index contributed by atoms with van der Waals surface area (Å²) in [7, 11) is 0. The fourth-order valence-corrected chi connectivity index (χ4v) is 4.48. The number of hydrogen-bond acceptors (Lipinski definition) is 3. The molecule has 0 fully saturated rings. The molecular weight excluding hydrogens is 464 g/mol. The molecule has 3 aromatic rings. The van der Waals surface area contributed by atoms with Crippen LogP contribution in [0.15, 0.2) is 83.8 Å². The van der Waals surface area contributed by atoms with Gasteiger partial charge < -0.3 is 10.2 Å². The van der Waals surface area contributed by atoms with E-state index in [0.717, 1.165) is 28.0 Å². The molecule has 3 rings (SSSR count). The second-order valence-corrected chi connectivity index (χ2v) is 9.73. The van der Waals surface area contributed by atoms with Crippen molar-refractivity contribution < 1.29 is 9.59 Å². The zero-order valence-electron chi connectivity index (χ0n) is 19.7. The van der Waals surface area contributed by atoms with Crippen LogP contribution in [0.25, 0.3) is 0 Å². The van der Waals surface area contributed by atoms with Gasteiger partial charge in [0.05, 0.1) is 5.75 Å². The zero-order valence-corrected chi connectivity index (χ0v) is 21.2. The van der Waals surface area contributed by atoms with Gasteiger partial charge in [-0.2, -0.15) is 0 Å². The van der Waals surface area contributed by atoms with Crippen LogP contribution in [0.5, 0.6) is 0 Å². The Balaban J connectivity index is 1.87. The number of halogens is 1. The molecule has 1 atom stereocenters. The molecule has 0 unspecified atom stereocenters. The monoisotopic (exact) mass is 494 g/mol. The number of amides is 2. The molecule has 0 heterocycles. The quantitative estimate of drug-likeness (QED) is 0.337. The highest BCUT2D eigenvalue weighted by atomic mass is 35.5. The highest BCUT2D eigenvalue weighted by molar-refractivity contribution is 8.00. The Kier molecular flexibility index (Phi) is 10.0.